The van der Waals surface area contributed by atoms with Crippen molar-refractivity contribution in [2.75, 3.05) is 12.3 Å². The van der Waals surface area contributed by atoms with Crippen LogP contribution >= 0.6 is 0 Å². The number of hydrogen-bond acceptors (Lipinski definition) is 5. The van der Waals surface area contributed by atoms with Crippen LogP contribution in [0.25, 0.3) is 0 Å². The number of pyridine rings is 1. The number of carbonyl (C=O) groups is 2. The molecule has 0 saturated carbocycles. The van der Waals surface area contributed by atoms with Gasteiger partial charge in [0, 0.05) is 12.2 Å². The van der Waals surface area contributed by atoms with Gasteiger partial charge in [-0.3, -0.25) is 9.59 Å². The Morgan fingerprint density at radius 1 is 1.21 bits per heavy atom. The smallest absolute Gasteiger partial charge is 0.242 e. The average molecular weight is 393 g/mol. The van der Waals surface area contributed by atoms with Crippen LogP contribution in [0.2, 0.25) is 0 Å². The number of nitrogens with zero attached hydrogens (tertiary/aromatic N) is 1. The number of fused-ring (bicyclic) bond motifs is 1. The van der Waals surface area contributed by atoms with Crippen molar-refractivity contribution in [3.05, 3.63) is 59.3 Å². The summed E-state index contributed by atoms with van der Waals surface area (Å²) in [5.41, 5.74) is 8.91. The maximum absolute atomic E-state index is 12.6. The number of nitrogens with two attached hydrogens (primary N) is 1. The summed E-state index contributed by atoms with van der Waals surface area (Å²) in [5.74, 6) is 0.484. The van der Waals surface area contributed by atoms with Gasteiger partial charge in [-0.1, -0.05) is 36.4 Å². The molecule has 4 atom stereocenters. The van der Waals surface area contributed by atoms with Crippen LogP contribution in [0.1, 0.15) is 48.5 Å². The third-order valence-corrected chi connectivity index (χ3v) is 5.86. The second-order valence-corrected chi connectivity index (χ2v) is 7.91. The molecule has 1 aromatic heterocycles. The number of hydrogen-bond donors (Lipinski definition) is 4. The van der Waals surface area contributed by atoms with Gasteiger partial charge in [0.1, 0.15) is 11.9 Å². The third kappa shape index (κ3) is 4.24. The molecule has 29 heavy (non-hydrogen) atoms. The second-order valence-electron chi connectivity index (χ2n) is 7.91. The minimum atomic E-state index is -0.606. The van der Waals surface area contributed by atoms with E-state index in [1.54, 1.807) is 13.0 Å². The summed E-state index contributed by atoms with van der Waals surface area (Å²) in [6.07, 6.45) is 2.31. The second kappa shape index (κ2) is 8.21. The van der Waals surface area contributed by atoms with E-state index in [-0.39, 0.29) is 23.9 Å². The predicted octanol–water partition coefficient (Wildman–Crippen LogP) is 1.42. The van der Waals surface area contributed by atoms with Gasteiger partial charge in [0.05, 0.1) is 12.1 Å². The summed E-state index contributed by atoms with van der Waals surface area (Å²) in [6, 6.07) is 12.9. The van der Waals surface area contributed by atoms with Crippen LogP contribution in [0.5, 0.6) is 0 Å². The summed E-state index contributed by atoms with van der Waals surface area (Å²) < 4.78 is 0. The van der Waals surface area contributed by atoms with Gasteiger partial charge < -0.3 is 21.7 Å². The summed E-state index contributed by atoms with van der Waals surface area (Å²) >= 11 is 0. The van der Waals surface area contributed by atoms with Crippen molar-refractivity contribution < 1.29 is 9.59 Å². The molecule has 2 aliphatic rings. The van der Waals surface area contributed by atoms with E-state index in [1.165, 1.54) is 5.56 Å². The van der Waals surface area contributed by atoms with Crippen molar-refractivity contribution >= 4 is 17.6 Å². The molecule has 2 heterocycles. The molecule has 152 valence electrons. The number of nitrogen functional groups attached to an aromatic ring is 1. The Morgan fingerprint density at radius 3 is 2.79 bits per heavy atom. The predicted molar refractivity (Wildman–Crippen MR) is 111 cm³/mol. The van der Waals surface area contributed by atoms with E-state index in [4.69, 9.17) is 5.73 Å². The first-order chi connectivity index (χ1) is 14.0. The molecule has 4 rings (SSSR count). The van der Waals surface area contributed by atoms with Crippen LogP contribution in [0.15, 0.2) is 42.5 Å². The first kappa shape index (κ1) is 19.4. The van der Waals surface area contributed by atoms with Gasteiger partial charge in [0.2, 0.25) is 11.8 Å². The van der Waals surface area contributed by atoms with Crippen molar-refractivity contribution in [3.8, 4) is 0 Å². The number of anilines is 1. The Kier molecular flexibility index (Phi) is 5.49. The highest BCUT2D eigenvalue weighted by Crippen LogP contribution is 2.30. The van der Waals surface area contributed by atoms with Gasteiger partial charge >= 0.3 is 0 Å². The lowest BCUT2D eigenvalue weighted by Gasteiger charge is -2.20. The van der Waals surface area contributed by atoms with Crippen molar-refractivity contribution in [2.45, 2.75) is 50.2 Å². The number of amides is 2. The number of aromatic nitrogens is 1. The van der Waals surface area contributed by atoms with E-state index < -0.39 is 6.04 Å². The number of rotatable bonds is 5. The van der Waals surface area contributed by atoms with Crippen LogP contribution in [0.4, 0.5) is 5.82 Å². The van der Waals surface area contributed by atoms with E-state index >= 15 is 0 Å². The first-order valence-electron chi connectivity index (χ1n) is 10.2. The molecule has 0 radical (unpaired) electrons. The largest absolute Gasteiger partial charge is 0.384 e. The highest BCUT2D eigenvalue weighted by Gasteiger charge is 2.32. The summed E-state index contributed by atoms with van der Waals surface area (Å²) in [5, 5.41) is 9.16. The first-order valence-corrected chi connectivity index (χ1v) is 10.2. The van der Waals surface area contributed by atoms with Gasteiger partial charge in [0.25, 0.3) is 0 Å². The molecule has 0 unspecified atom stereocenters. The van der Waals surface area contributed by atoms with Crippen molar-refractivity contribution in [3.63, 3.8) is 0 Å². The molecule has 1 aliphatic heterocycles. The molecule has 2 aromatic rings. The molecular formula is C22H27N5O2. The molecule has 1 saturated heterocycles. The highest BCUT2D eigenvalue weighted by molar-refractivity contribution is 5.90. The Bertz CT molecular complexity index is 901. The average Bonchev–Trinajstić information content (AvgIpc) is 3.36. The highest BCUT2D eigenvalue weighted by atomic mass is 16.2. The lowest BCUT2D eigenvalue weighted by Crippen LogP contribution is -2.50. The molecule has 0 spiro atoms. The standard InChI is InChI=1S/C22H27N5O2/c1-13(21(28)27-18-9-8-17-16(18)7-10-20(23)26-17)25-22(29)19-11-15(12-24-19)14-5-3-2-4-6-14/h2-7,10,13,15,18-19,24H,8-9,11-12H2,1H3,(H2,23,26)(H,25,29)(H,27,28)/t13-,15-,18-,19+/m0/s1. The molecule has 2 amide bonds. The monoisotopic (exact) mass is 393 g/mol. The lowest BCUT2D eigenvalue weighted by atomic mass is 9.96. The Labute approximate surface area is 170 Å². The zero-order chi connectivity index (χ0) is 20.4. The number of carbonyl (C=O) groups excluding carboxylic acids is 2. The minimum absolute atomic E-state index is 0.0861. The topological polar surface area (TPSA) is 109 Å². The van der Waals surface area contributed by atoms with Crippen LogP contribution < -0.4 is 21.7 Å². The number of aryl methyl sites for hydroxylation is 1. The molecule has 7 nitrogen and oxygen atoms in total. The van der Waals surface area contributed by atoms with Gasteiger partial charge in [-0.15, -0.1) is 0 Å². The zero-order valence-electron chi connectivity index (χ0n) is 16.5. The van der Waals surface area contributed by atoms with Crippen LogP contribution in [0.3, 0.4) is 0 Å². The van der Waals surface area contributed by atoms with Gasteiger partial charge in [-0.25, -0.2) is 4.98 Å². The maximum atomic E-state index is 12.6. The SMILES string of the molecule is C[C@H](NC(=O)[C@H]1C[C@H](c2ccccc2)CN1)C(=O)N[C@H]1CCc2nc(N)ccc21. The van der Waals surface area contributed by atoms with Gasteiger partial charge in [-0.05, 0) is 49.3 Å². The Hall–Kier alpha value is -2.93. The third-order valence-electron chi connectivity index (χ3n) is 5.86. The fraction of sp³-hybridized carbons (Fsp3) is 0.409. The van der Waals surface area contributed by atoms with Crippen molar-refractivity contribution in [2.24, 2.45) is 0 Å². The maximum Gasteiger partial charge on any atom is 0.242 e. The van der Waals surface area contributed by atoms with Gasteiger partial charge in [0.15, 0.2) is 0 Å². The van der Waals surface area contributed by atoms with E-state index in [1.807, 2.05) is 24.3 Å². The van der Waals surface area contributed by atoms with Crippen LogP contribution in [-0.2, 0) is 16.0 Å². The molecule has 1 aromatic carbocycles. The van der Waals surface area contributed by atoms with Crippen molar-refractivity contribution in [1.29, 1.82) is 0 Å². The summed E-state index contributed by atoms with van der Waals surface area (Å²) in [7, 11) is 0. The summed E-state index contributed by atoms with van der Waals surface area (Å²) in [6.45, 7) is 2.48. The number of nitrogens with one attached hydrogen (secondary N) is 3. The summed E-state index contributed by atoms with van der Waals surface area (Å²) in [4.78, 5) is 29.6. The van der Waals surface area contributed by atoms with Crippen LogP contribution in [-0.4, -0.2) is 35.4 Å². The lowest BCUT2D eigenvalue weighted by molar-refractivity contribution is -0.129. The molecule has 1 aliphatic carbocycles. The molecule has 1 fully saturated rings. The van der Waals surface area contributed by atoms with Crippen LogP contribution in [0, 0.1) is 0 Å². The van der Waals surface area contributed by atoms with E-state index in [2.05, 4.69) is 33.1 Å². The number of benzene rings is 1. The quantitative estimate of drug-likeness (QED) is 0.614. The Balaban J connectivity index is 1.30. The zero-order valence-corrected chi connectivity index (χ0v) is 16.5. The fourth-order valence-electron chi connectivity index (χ4n) is 4.22. The molecule has 0 bridgehead atoms. The Morgan fingerprint density at radius 2 is 2.00 bits per heavy atom. The molecular weight excluding hydrogens is 366 g/mol. The normalized spacial score (nSPS) is 24.0. The van der Waals surface area contributed by atoms with Crippen molar-refractivity contribution in [1.82, 2.24) is 20.9 Å². The van der Waals surface area contributed by atoms with Gasteiger partial charge in [-0.2, -0.15) is 0 Å². The van der Waals surface area contributed by atoms with E-state index in [0.29, 0.717) is 11.7 Å². The molecule has 7 heteroatoms. The molecule has 5 N–H and O–H groups in total. The minimum Gasteiger partial charge on any atom is -0.384 e. The fourth-order valence-corrected chi connectivity index (χ4v) is 4.22. The van der Waals surface area contributed by atoms with E-state index in [9.17, 15) is 9.59 Å². The van der Waals surface area contributed by atoms with E-state index in [0.717, 1.165) is 37.1 Å².